The summed E-state index contributed by atoms with van der Waals surface area (Å²) in [5, 5.41) is 4.43. The lowest BCUT2D eigenvalue weighted by Crippen LogP contribution is -2.09. The minimum absolute atomic E-state index is 0.283. The Morgan fingerprint density at radius 3 is 2.63 bits per heavy atom. The average Bonchev–Trinajstić information content (AvgIpc) is 2.61. The highest BCUT2D eigenvalue weighted by molar-refractivity contribution is 9.10. The van der Waals surface area contributed by atoms with Crippen LogP contribution in [-0.2, 0) is 13.5 Å². The van der Waals surface area contributed by atoms with E-state index >= 15 is 0 Å². The van der Waals surface area contributed by atoms with Crippen LogP contribution in [0.3, 0.4) is 0 Å². The van der Waals surface area contributed by atoms with Gasteiger partial charge in [-0.15, -0.1) is 11.6 Å². The maximum Gasteiger partial charge on any atom is 0.0738 e. The lowest BCUT2D eigenvalue weighted by Gasteiger charge is -2.15. The first-order chi connectivity index (χ1) is 9.02. The van der Waals surface area contributed by atoms with Gasteiger partial charge in [0.15, 0.2) is 0 Å². The second kappa shape index (κ2) is 6.42. The molecular formula is C14H15Br2ClN2. The van der Waals surface area contributed by atoms with Crippen LogP contribution in [-0.4, -0.2) is 15.7 Å². The molecule has 19 heavy (non-hydrogen) atoms. The Morgan fingerprint density at radius 1 is 1.37 bits per heavy atom. The Labute approximate surface area is 135 Å². The fourth-order valence-corrected chi connectivity index (χ4v) is 3.36. The Balaban J connectivity index is 2.29. The van der Waals surface area contributed by atoms with Crippen molar-refractivity contribution >= 4 is 43.5 Å². The third-order valence-electron chi connectivity index (χ3n) is 3.21. The van der Waals surface area contributed by atoms with E-state index in [2.05, 4.69) is 49.1 Å². The van der Waals surface area contributed by atoms with E-state index in [1.807, 2.05) is 30.8 Å². The molecule has 0 saturated carbocycles. The second-order valence-corrected chi connectivity index (χ2v) is 6.60. The van der Waals surface area contributed by atoms with Crippen molar-refractivity contribution in [3.05, 3.63) is 50.2 Å². The van der Waals surface area contributed by atoms with Crippen LogP contribution in [0, 0.1) is 6.92 Å². The Bertz CT molecular complexity index is 581. The Morgan fingerprint density at radius 2 is 2.11 bits per heavy atom. The maximum absolute atomic E-state index is 6.16. The van der Waals surface area contributed by atoms with Crippen LogP contribution in [0.1, 0.15) is 22.9 Å². The number of aromatic nitrogens is 2. The van der Waals surface area contributed by atoms with Crippen LogP contribution < -0.4 is 0 Å². The number of hydrogen-bond donors (Lipinski definition) is 0. The molecule has 2 rings (SSSR count). The van der Waals surface area contributed by atoms with E-state index in [0.29, 0.717) is 5.88 Å². The van der Waals surface area contributed by atoms with Gasteiger partial charge in [0.1, 0.15) is 0 Å². The molecule has 1 atom stereocenters. The molecule has 0 N–H and O–H groups in total. The van der Waals surface area contributed by atoms with Gasteiger partial charge in [0.2, 0.25) is 0 Å². The largest absolute Gasteiger partial charge is 0.271 e. The van der Waals surface area contributed by atoms with E-state index in [0.717, 1.165) is 21.1 Å². The van der Waals surface area contributed by atoms with E-state index in [1.54, 1.807) is 0 Å². The summed E-state index contributed by atoms with van der Waals surface area (Å²) in [6.07, 6.45) is 0.873. The van der Waals surface area contributed by atoms with E-state index < -0.39 is 0 Å². The van der Waals surface area contributed by atoms with Crippen molar-refractivity contribution in [3.63, 3.8) is 0 Å². The molecule has 1 aromatic heterocycles. The van der Waals surface area contributed by atoms with E-state index in [1.165, 1.54) is 11.3 Å². The zero-order chi connectivity index (χ0) is 14.0. The Kier molecular flexibility index (Phi) is 5.09. The van der Waals surface area contributed by atoms with Gasteiger partial charge < -0.3 is 0 Å². The van der Waals surface area contributed by atoms with E-state index in [-0.39, 0.29) is 5.92 Å². The SMILES string of the molecule is Cc1nn(C)c(CC(CCl)c2cccc(Br)c2)c1Br. The van der Waals surface area contributed by atoms with Gasteiger partial charge in [-0.2, -0.15) is 5.10 Å². The molecule has 0 spiro atoms. The maximum atomic E-state index is 6.16. The molecule has 2 nitrogen and oxygen atoms in total. The molecule has 0 radical (unpaired) electrons. The number of hydrogen-bond acceptors (Lipinski definition) is 1. The number of rotatable bonds is 4. The fourth-order valence-electron chi connectivity index (χ4n) is 2.16. The average molecular weight is 407 g/mol. The van der Waals surface area contributed by atoms with Crippen molar-refractivity contribution in [1.29, 1.82) is 0 Å². The number of halogens is 3. The van der Waals surface area contributed by atoms with Crippen molar-refractivity contribution < 1.29 is 0 Å². The zero-order valence-corrected chi connectivity index (χ0v) is 14.8. The standard InChI is InChI=1S/C14H15Br2ClN2/c1-9-14(16)13(19(2)18-9)7-11(8-17)10-4-3-5-12(15)6-10/h3-6,11H,7-8H2,1-2H3. The van der Waals surface area contributed by atoms with Crippen LogP contribution in [0.5, 0.6) is 0 Å². The molecule has 1 unspecified atom stereocenters. The summed E-state index contributed by atoms with van der Waals surface area (Å²) in [6, 6.07) is 8.32. The van der Waals surface area contributed by atoms with Gasteiger partial charge in [0, 0.05) is 23.3 Å². The van der Waals surface area contributed by atoms with Gasteiger partial charge >= 0.3 is 0 Å². The highest BCUT2D eigenvalue weighted by atomic mass is 79.9. The summed E-state index contributed by atoms with van der Waals surface area (Å²) in [5.74, 6) is 0.873. The lowest BCUT2D eigenvalue weighted by molar-refractivity contribution is 0.656. The first-order valence-electron chi connectivity index (χ1n) is 6.02. The van der Waals surface area contributed by atoms with Crippen LogP contribution in [0.25, 0.3) is 0 Å². The van der Waals surface area contributed by atoms with Gasteiger partial charge in [-0.25, -0.2) is 0 Å². The van der Waals surface area contributed by atoms with Crippen LogP contribution in [0.15, 0.2) is 33.2 Å². The number of alkyl halides is 1. The first kappa shape index (κ1) is 15.1. The summed E-state index contributed by atoms with van der Waals surface area (Å²) < 4.78 is 4.09. The molecule has 0 amide bonds. The molecule has 5 heteroatoms. The molecule has 1 aromatic carbocycles. The van der Waals surface area contributed by atoms with Crippen LogP contribution >= 0.6 is 43.5 Å². The van der Waals surface area contributed by atoms with Crippen LogP contribution in [0.4, 0.5) is 0 Å². The second-order valence-electron chi connectivity index (χ2n) is 4.58. The van der Waals surface area contributed by atoms with Crippen molar-refractivity contribution in [2.24, 2.45) is 7.05 Å². The number of nitrogens with zero attached hydrogens (tertiary/aromatic N) is 2. The molecule has 2 aromatic rings. The number of benzene rings is 1. The molecular weight excluding hydrogens is 391 g/mol. The smallest absolute Gasteiger partial charge is 0.0738 e. The van der Waals surface area contributed by atoms with Gasteiger partial charge in [-0.3, -0.25) is 4.68 Å². The van der Waals surface area contributed by atoms with Crippen molar-refractivity contribution in [2.45, 2.75) is 19.3 Å². The molecule has 0 aliphatic rings. The van der Waals surface area contributed by atoms with Gasteiger partial charge in [-0.05, 0) is 47.0 Å². The molecule has 0 fully saturated rings. The lowest BCUT2D eigenvalue weighted by atomic mass is 9.96. The van der Waals surface area contributed by atoms with Gasteiger partial charge in [0.25, 0.3) is 0 Å². The number of aryl methyl sites for hydroxylation is 2. The normalized spacial score (nSPS) is 12.7. The summed E-state index contributed by atoms with van der Waals surface area (Å²) >= 11 is 13.3. The summed E-state index contributed by atoms with van der Waals surface area (Å²) in [4.78, 5) is 0. The topological polar surface area (TPSA) is 17.8 Å². The molecule has 0 bridgehead atoms. The molecule has 0 aliphatic carbocycles. The third kappa shape index (κ3) is 3.41. The van der Waals surface area contributed by atoms with Crippen LogP contribution in [0.2, 0.25) is 0 Å². The van der Waals surface area contributed by atoms with Gasteiger partial charge in [-0.1, -0.05) is 28.1 Å². The first-order valence-corrected chi connectivity index (χ1v) is 8.14. The van der Waals surface area contributed by atoms with E-state index in [9.17, 15) is 0 Å². The highest BCUT2D eigenvalue weighted by Gasteiger charge is 2.18. The predicted octanol–water partition coefficient (Wildman–Crippen LogP) is 4.82. The highest BCUT2D eigenvalue weighted by Crippen LogP contribution is 2.29. The monoisotopic (exact) mass is 404 g/mol. The third-order valence-corrected chi connectivity index (χ3v) is 5.11. The molecule has 0 saturated heterocycles. The quantitative estimate of drug-likeness (QED) is 0.666. The van der Waals surface area contributed by atoms with Crippen molar-refractivity contribution in [3.8, 4) is 0 Å². The minimum Gasteiger partial charge on any atom is -0.271 e. The Hall–Kier alpha value is -0.320. The van der Waals surface area contributed by atoms with E-state index in [4.69, 9.17) is 11.6 Å². The summed E-state index contributed by atoms with van der Waals surface area (Å²) in [7, 11) is 1.97. The van der Waals surface area contributed by atoms with Crippen molar-refractivity contribution in [1.82, 2.24) is 9.78 Å². The van der Waals surface area contributed by atoms with Gasteiger partial charge in [0.05, 0.1) is 15.9 Å². The van der Waals surface area contributed by atoms with Crippen molar-refractivity contribution in [2.75, 3.05) is 5.88 Å². The summed E-state index contributed by atoms with van der Waals surface area (Å²) in [6.45, 7) is 2.00. The zero-order valence-electron chi connectivity index (χ0n) is 10.8. The molecule has 0 aliphatic heterocycles. The fraction of sp³-hybridized carbons (Fsp3) is 0.357. The minimum atomic E-state index is 0.283. The summed E-state index contributed by atoms with van der Waals surface area (Å²) in [5.41, 5.74) is 3.44. The predicted molar refractivity (Wildman–Crippen MR) is 87.0 cm³/mol. The molecule has 102 valence electrons. The molecule has 1 heterocycles.